The number of benzene rings is 1. The summed E-state index contributed by atoms with van der Waals surface area (Å²) in [7, 11) is 7.88. The van der Waals surface area contributed by atoms with Crippen molar-refractivity contribution in [3.05, 3.63) is 35.9 Å². The van der Waals surface area contributed by atoms with Crippen molar-refractivity contribution in [1.82, 2.24) is 20.4 Å². The van der Waals surface area contributed by atoms with Crippen LogP contribution in [-0.4, -0.2) is 82.8 Å². The molecule has 1 unspecified atom stereocenters. The highest BCUT2D eigenvalue weighted by atomic mass is 127. The van der Waals surface area contributed by atoms with Crippen LogP contribution in [0.3, 0.4) is 0 Å². The highest BCUT2D eigenvalue weighted by Crippen LogP contribution is 2.07. The fourth-order valence-corrected chi connectivity index (χ4v) is 2.78. The number of methoxy groups -OCH3 is 1. The number of halogens is 1. The number of hydrogen-bond donors (Lipinski definition) is 2. The van der Waals surface area contributed by atoms with Crippen LogP contribution >= 0.6 is 24.0 Å². The van der Waals surface area contributed by atoms with Crippen LogP contribution < -0.4 is 10.6 Å². The van der Waals surface area contributed by atoms with E-state index in [0.717, 1.165) is 58.1 Å². The standard InChI is InChI=1S/C21H39N5O.HI/c1-19(26(4)18-20-10-7-6-8-11-20)12-14-24-21(22-2)23-13-9-15-25(3)16-17-27-5;/h6-8,10-11,19H,9,12-18H2,1-5H3,(H2,22,23,24);1H. The lowest BCUT2D eigenvalue weighted by Crippen LogP contribution is -2.41. The second-order valence-electron chi connectivity index (χ2n) is 7.11. The second-order valence-corrected chi connectivity index (χ2v) is 7.11. The van der Waals surface area contributed by atoms with Crippen molar-refractivity contribution >= 4 is 29.9 Å². The van der Waals surface area contributed by atoms with Gasteiger partial charge in [0.1, 0.15) is 0 Å². The molecule has 0 aliphatic carbocycles. The molecule has 162 valence electrons. The number of aliphatic imine (C=N–C) groups is 1. The highest BCUT2D eigenvalue weighted by Gasteiger charge is 2.09. The molecule has 0 spiro atoms. The van der Waals surface area contributed by atoms with E-state index in [1.165, 1.54) is 5.56 Å². The Morgan fingerprint density at radius 1 is 1.11 bits per heavy atom. The Labute approximate surface area is 189 Å². The summed E-state index contributed by atoms with van der Waals surface area (Å²) in [6, 6.07) is 11.1. The second kappa shape index (κ2) is 17.0. The summed E-state index contributed by atoms with van der Waals surface area (Å²) < 4.78 is 5.10. The van der Waals surface area contributed by atoms with E-state index in [1.54, 1.807) is 7.11 Å². The van der Waals surface area contributed by atoms with Crippen LogP contribution in [0.4, 0.5) is 0 Å². The van der Waals surface area contributed by atoms with Gasteiger partial charge in [-0.05, 0) is 46.0 Å². The zero-order chi connectivity index (χ0) is 19.9. The summed E-state index contributed by atoms with van der Waals surface area (Å²) in [6.07, 6.45) is 2.15. The molecule has 0 saturated heterocycles. The summed E-state index contributed by atoms with van der Waals surface area (Å²) >= 11 is 0. The van der Waals surface area contributed by atoms with Gasteiger partial charge in [0.2, 0.25) is 0 Å². The molecule has 0 aliphatic heterocycles. The lowest BCUT2D eigenvalue weighted by atomic mass is 10.1. The molecule has 0 heterocycles. The summed E-state index contributed by atoms with van der Waals surface area (Å²) in [5, 5.41) is 6.81. The minimum Gasteiger partial charge on any atom is -0.383 e. The van der Waals surface area contributed by atoms with Crippen LogP contribution in [0.2, 0.25) is 0 Å². The van der Waals surface area contributed by atoms with E-state index in [-0.39, 0.29) is 24.0 Å². The number of nitrogens with one attached hydrogen (secondary N) is 2. The lowest BCUT2D eigenvalue weighted by molar-refractivity contribution is 0.161. The number of nitrogens with zero attached hydrogens (tertiary/aromatic N) is 3. The van der Waals surface area contributed by atoms with Crippen molar-refractivity contribution in [2.45, 2.75) is 32.4 Å². The molecule has 0 radical (unpaired) electrons. The molecule has 0 amide bonds. The summed E-state index contributed by atoms with van der Waals surface area (Å²) in [6.45, 7) is 7.88. The van der Waals surface area contributed by atoms with Crippen molar-refractivity contribution in [3.8, 4) is 0 Å². The molecule has 1 atom stereocenters. The molecule has 1 aromatic carbocycles. The average molecular weight is 505 g/mol. The van der Waals surface area contributed by atoms with E-state index >= 15 is 0 Å². The van der Waals surface area contributed by atoms with Crippen LogP contribution in [0.25, 0.3) is 0 Å². The van der Waals surface area contributed by atoms with Crippen LogP contribution in [0.1, 0.15) is 25.3 Å². The van der Waals surface area contributed by atoms with Gasteiger partial charge in [-0.3, -0.25) is 9.89 Å². The van der Waals surface area contributed by atoms with E-state index in [1.807, 2.05) is 7.05 Å². The molecular formula is C21H40IN5O. The molecule has 0 fully saturated rings. The Hall–Kier alpha value is -0.900. The fourth-order valence-electron chi connectivity index (χ4n) is 2.78. The molecule has 0 aliphatic rings. The summed E-state index contributed by atoms with van der Waals surface area (Å²) in [4.78, 5) is 8.99. The molecule has 0 bridgehead atoms. The maximum atomic E-state index is 5.10. The van der Waals surface area contributed by atoms with Gasteiger partial charge in [0.25, 0.3) is 0 Å². The van der Waals surface area contributed by atoms with Crippen molar-refractivity contribution < 1.29 is 4.74 Å². The Morgan fingerprint density at radius 2 is 1.79 bits per heavy atom. The van der Waals surface area contributed by atoms with Crippen molar-refractivity contribution in [2.75, 3.05) is 61.0 Å². The summed E-state index contributed by atoms with van der Waals surface area (Å²) in [5.74, 6) is 0.882. The monoisotopic (exact) mass is 505 g/mol. The zero-order valence-electron chi connectivity index (χ0n) is 18.3. The third-order valence-corrected chi connectivity index (χ3v) is 4.79. The van der Waals surface area contributed by atoms with Gasteiger partial charge < -0.3 is 20.3 Å². The Bertz CT molecular complexity index is 515. The maximum absolute atomic E-state index is 5.10. The van der Waals surface area contributed by atoms with Gasteiger partial charge in [-0.25, -0.2) is 0 Å². The number of ether oxygens (including phenoxy) is 1. The van der Waals surface area contributed by atoms with E-state index in [9.17, 15) is 0 Å². The Morgan fingerprint density at radius 3 is 2.43 bits per heavy atom. The first-order chi connectivity index (χ1) is 13.1. The third-order valence-electron chi connectivity index (χ3n) is 4.79. The number of guanidine groups is 1. The molecule has 2 N–H and O–H groups in total. The van der Waals surface area contributed by atoms with E-state index in [4.69, 9.17) is 4.74 Å². The van der Waals surface area contributed by atoms with Gasteiger partial charge in [-0.1, -0.05) is 30.3 Å². The van der Waals surface area contributed by atoms with Gasteiger partial charge in [-0.2, -0.15) is 0 Å². The first kappa shape index (κ1) is 27.1. The van der Waals surface area contributed by atoms with Crippen LogP contribution in [-0.2, 0) is 11.3 Å². The summed E-state index contributed by atoms with van der Waals surface area (Å²) in [5.41, 5.74) is 1.35. The van der Waals surface area contributed by atoms with Gasteiger partial charge in [-0.15, -0.1) is 24.0 Å². The van der Waals surface area contributed by atoms with Crippen LogP contribution in [0, 0.1) is 0 Å². The smallest absolute Gasteiger partial charge is 0.190 e. The van der Waals surface area contributed by atoms with Crippen molar-refractivity contribution in [1.29, 1.82) is 0 Å². The van der Waals surface area contributed by atoms with Crippen LogP contribution in [0.15, 0.2) is 35.3 Å². The molecular weight excluding hydrogens is 465 g/mol. The van der Waals surface area contributed by atoms with Crippen molar-refractivity contribution in [3.63, 3.8) is 0 Å². The first-order valence-electron chi connectivity index (χ1n) is 9.93. The third kappa shape index (κ3) is 12.5. The number of rotatable bonds is 13. The fraction of sp³-hybridized carbons (Fsp3) is 0.667. The molecule has 28 heavy (non-hydrogen) atoms. The zero-order valence-corrected chi connectivity index (χ0v) is 20.6. The van der Waals surface area contributed by atoms with Gasteiger partial charge >= 0.3 is 0 Å². The predicted octanol–water partition coefficient (Wildman–Crippen LogP) is 2.65. The largest absolute Gasteiger partial charge is 0.383 e. The lowest BCUT2D eigenvalue weighted by Gasteiger charge is -2.25. The van der Waals surface area contributed by atoms with E-state index in [2.05, 4.69) is 76.8 Å². The molecule has 6 nitrogen and oxygen atoms in total. The van der Waals surface area contributed by atoms with Gasteiger partial charge in [0.15, 0.2) is 5.96 Å². The highest BCUT2D eigenvalue weighted by molar-refractivity contribution is 14.0. The number of likely N-dealkylation sites (N-methyl/N-ethyl adjacent to an activating group) is 1. The van der Waals surface area contributed by atoms with Gasteiger partial charge in [0, 0.05) is 46.4 Å². The van der Waals surface area contributed by atoms with E-state index < -0.39 is 0 Å². The minimum atomic E-state index is 0. The molecule has 0 aromatic heterocycles. The minimum absolute atomic E-state index is 0. The molecule has 1 rings (SSSR count). The Balaban J connectivity index is 0.00000729. The quantitative estimate of drug-likeness (QED) is 0.187. The first-order valence-corrected chi connectivity index (χ1v) is 9.93. The topological polar surface area (TPSA) is 52.1 Å². The molecule has 1 aromatic rings. The van der Waals surface area contributed by atoms with Gasteiger partial charge in [0.05, 0.1) is 6.61 Å². The molecule has 0 saturated carbocycles. The van der Waals surface area contributed by atoms with E-state index in [0.29, 0.717) is 6.04 Å². The Kier molecular flexibility index (Phi) is 16.5. The predicted molar refractivity (Wildman–Crippen MR) is 131 cm³/mol. The number of hydrogen-bond acceptors (Lipinski definition) is 4. The maximum Gasteiger partial charge on any atom is 0.190 e. The van der Waals surface area contributed by atoms with Crippen molar-refractivity contribution in [2.24, 2.45) is 4.99 Å². The SMILES string of the molecule is CN=C(NCCCN(C)CCOC)NCCC(C)N(C)Cc1ccccc1.I. The molecule has 7 heteroatoms. The van der Waals surface area contributed by atoms with Crippen LogP contribution in [0.5, 0.6) is 0 Å². The average Bonchev–Trinajstić information content (AvgIpc) is 2.68. The normalized spacial score (nSPS) is 12.8.